The van der Waals surface area contributed by atoms with Crippen molar-refractivity contribution >= 4 is 0 Å². The minimum Gasteiger partial charge on any atom is -0.396 e. The molecule has 0 saturated heterocycles. The Morgan fingerprint density at radius 3 is 2.82 bits per heavy atom. The summed E-state index contributed by atoms with van der Waals surface area (Å²) >= 11 is 0. The van der Waals surface area contributed by atoms with Crippen LogP contribution in [-0.2, 0) is 0 Å². The van der Waals surface area contributed by atoms with Gasteiger partial charge in [-0.15, -0.1) is 0 Å². The summed E-state index contributed by atoms with van der Waals surface area (Å²) in [6, 6.07) is 1.79. The standard InChI is InChI=1S/C8H14N2O/c1-7(2)8(6-9)10-4-3-5-11/h8,10-11H,1,3-5H2,2H3. The van der Waals surface area contributed by atoms with E-state index in [1.807, 2.05) is 0 Å². The van der Waals surface area contributed by atoms with E-state index in [1.54, 1.807) is 6.92 Å². The molecule has 0 aromatic heterocycles. The molecule has 3 heteroatoms. The molecule has 0 fully saturated rings. The van der Waals surface area contributed by atoms with Gasteiger partial charge in [-0.2, -0.15) is 5.26 Å². The van der Waals surface area contributed by atoms with Gasteiger partial charge in [-0.1, -0.05) is 6.58 Å². The molecule has 0 heterocycles. The van der Waals surface area contributed by atoms with Gasteiger partial charge in [0, 0.05) is 6.61 Å². The minimum absolute atomic E-state index is 0.154. The van der Waals surface area contributed by atoms with Crippen LogP contribution in [0.25, 0.3) is 0 Å². The molecular weight excluding hydrogens is 140 g/mol. The summed E-state index contributed by atoms with van der Waals surface area (Å²) in [6.45, 7) is 6.27. The molecule has 0 rings (SSSR count). The van der Waals surface area contributed by atoms with E-state index >= 15 is 0 Å². The number of nitriles is 1. The zero-order chi connectivity index (χ0) is 8.69. The van der Waals surface area contributed by atoms with E-state index in [9.17, 15) is 0 Å². The summed E-state index contributed by atoms with van der Waals surface area (Å²) in [5.41, 5.74) is 0.811. The first kappa shape index (κ1) is 10.2. The zero-order valence-electron chi connectivity index (χ0n) is 6.80. The highest BCUT2D eigenvalue weighted by Crippen LogP contribution is 1.95. The largest absolute Gasteiger partial charge is 0.396 e. The fraction of sp³-hybridized carbons (Fsp3) is 0.625. The molecule has 0 spiro atoms. The lowest BCUT2D eigenvalue weighted by molar-refractivity contribution is 0.285. The number of nitrogens with one attached hydrogen (secondary N) is 1. The number of aliphatic hydroxyl groups is 1. The summed E-state index contributed by atoms with van der Waals surface area (Å²) in [5, 5.41) is 20.0. The van der Waals surface area contributed by atoms with Gasteiger partial charge >= 0.3 is 0 Å². The van der Waals surface area contributed by atoms with E-state index in [0.717, 1.165) is 5.57 Å². The molecule has 0 bridgehead atoms. The first-order chi connectivity index (χ1) is 5.22. The van der Waals surface area contributed by atoms with Crippen molar-refractivity contribution in [2.75, 3.05) is 13.2 Å². The summed E-state index contributed by atoms with van der Waals surface area (Å²) < 4.78 is 0. The third-order valence-corrected chi connectivity index (χ3v) is 1.31. The summed E-state index contributed by atoms with van der Waals surface area (Å²) in [6.07, 6.45) is 0.672. The second kappa shape index (κ2) is 5.90. The molecule has 0 aromatic carbocycles. The second-order valence-electron chi connectivity index (χ2n) is 2.44. The van der Waals surface area contributed by atoms with Crippen molar-refractivity contribution in [2.45, 2.75) is 19.4 Å². The quantitative estimate of drug-likeness (QED) is 0.446. The molecule has 0 radical (unpaired) electrons. The monoisotopic (exact) mass is 154 g/mol. The average Bonchev–Trinajstić information content (AvgIpc) is 1.97. The fourth-order valence-corrected chi connectivity index (χ4v) is 0.656. The van der Waals surface area contributed by atoms with Crippen LogP contribution in [0.3, 0.4) is 0 Å². The van der Waals surface area contributed by atoms with Crippen LogP contribution >= 0.6 is 0 Å². The number of aliphatic hydroxyl groups excluding tert-OH is 1. The number of hydrogen-bond acceptors (Lipinski definition) is 3. The molecule has 0 amide bonds. The number of hydrogen-bond donors (Lipinski definition) is 2. The van der Waals surface area contributed by atoms with Crippen LogP contribution < -0.4 is 5.32 Å². The molecule has 1 unspecified atom stereocenters. The predicted octanol–water partition coefficient (Wildman–Crippen LogP) is 0.427. The average molecular weight is 154 g/mol. The Morgan fingerprint density at radius 1 is 1.82 bits per heavy atom. The topological polar surface area (TPSA) is 56.0 Å². The van der Waals surface area contributed by atoms with Gasteiger partial charge in [0.2, 0.25) is 0 Å². The van der Waals surface area contributed by atoms with Gasteiger partial charge in [-0.25, -0.2) is 0 Å². The summed E-state index contributed by atoms with van der Waals surface area (Å²) in [5.74, 6) is 0. The lowest BCUT2D eigenvalue weighted by atomic mass is 10.2. The van der Waals surface area contributed by atoms with Gasteiger partial charge in [0.25, 0.3) is 0 Å². The van der Waals surface area contributed by atoms with Crippen LogP contribution in [0.5, 0.6) is 0 Å². The van der Waals surface area contributed by atoms with E-state index in [-0.39, 0.29) is 12.6 Å². The Bertz CT molecular complexity index is 160. The summed E-state index contributed by atoms with van der Waals surface area (Å²) in [4.78, 5) is 0. The predicted molar refractivity (Wildman–Crippen MR) is 43.9 cm³/mol. The van der Waals surface area contributed by atoms with Crippen LogP contribution in [0, 0.1) is 11.3 Å². The Kier molecular flexibility index (Phi) is 5.44. The maximum Gasteiger partial charge on any atom is 0.116 e. The lowest BCUT2D eigenvalue weighted by Crippen LogP contribution is -2.29. The van der Waals surface area contributed by atoms with Crippen molar-refractivity contribution in [2.24, 2.45) is 0 Å². The van der Waals surface area contributed by atoms with Gasteiger partial charge in [-0.3, -0.25) is 5.32 Å². The molecular formula is C8H14N2O. The second-order valence-corrected chi connectivity index (χ2v) is 2.44. The molecule has 0 aliphatic rings. The van der Waals surface area contributed by atoms with Gasteiger partial charge < -0.3 is 5.11 Å². The minimum atomic E-state index is -0.276. The summed E-state index contributed by atoms with van der Waals surface area (Å²) in [7, 11) is 0. The Balaban J connectivity index is 3.55. The lowest BCUT2D eigenvalue weighted by Gasteiger charge is -2.09. The molecule has 0 aliphatic carbocycles. The van der Waals surface area contributed by atoms with E-state index in [4.69, 9.17) is 10.4 Å². The van der Waals surface area contributed by atoms with E-state index in [1.165, 1.54) is 0 Å². The first-order valence-electron chi connectivity index (χ1n) is 3.61. The Morgan fingerprint density at radius 2 is 2.45 bits per heavy atom. The van der Waals surface area contributed by atoms with E-state index < -0.39 is 0 Å². The molecule has 62 valence electrons. The van der Waals surface area contributed by atoms with Gasteiger partial charge in [-0.05, 0) is 25.5 Å². The third kappa shape index (κ3) is 4.54. The molecule has 11 heavy (non-hydrogen) atoms. The van der Waals surface area contributed by atoms with Crippen LogP contribution in [-0.4, -0.2) is 24.3 Å². The van der Waals surface area contributed by atoms with Crippen molar-refractivity contribution in [3.8, 4) is 6.07 Å². The number of rotatable bonds is 5. The highest BCUT2D eigenvalue weighted by molar-refractivity contribution is 5.12. The van der Waals surface area contributed by atoms with Crippen molar-refractivity contribution < 1.29 is 5.11 Å². The van der Waals surface area contributed by atoms with Crippen LogP contribution in [0.1, 0.15) is 13.3 Å². The molecule has 2 N–H and O–H groups in total. The smallest absolute Gasteiger partial charge is 0.116 e. The molecule has 3 nitrogen and oxygen atoms in total. The van der Waals surface area contributed by atoms with Crippen molar-refractivity contribution in [3.05, 3.63) is 12.2 Å². The van der Waals surface area contributed by atoms with Gasteiger partial charge in [0.05, 0.1) is 6.07 Å². The highest BCUT2D eigenvalue weighted by Gasteiger charge is 2.04. The third-order valence-electron chi connectivity index (χ3n) is 1.31. The normalized spacial score (nSPS) is 12.1. The van der Waals surface area contributed by atoms with Crippen LogP contribution in [0.4, 0.5) is 0 Å². The number of nitrogens with zero attached hydrogens (tertiary/aromatic N) is 1. The van der Waals surface area contributed by atoms with Gasteiger partial charge in [0.15, 0.2) is 0 Å². The molecule has 0 saturated carbocycles. The zero-order valence-corrected chi connectivity index (χ0v) is 6.80. The highest BCUT2D eigenvalue weighted by atomic mass is 16.3. The molecule has 0 aliphatic heterocycles. The maximum absolute atomic E-state index is 8.56. The van der Waals surface area contributed by atoms with Crippen molar-refractivity contribution in [3.63, 3.8) is 0 Å². The van der Waals surface area contributed by atoms with Crippen LogP contribution in [0.15, 0.2) is 12.2 Å². The maximum atomic E-state index is 8.56. The molecule has 1 atom stereocenters. The fourth-order valence-electron chi connectivity index (χ4n) is 0.656. The van der Waals surface area contributed by atoms with Crippen LogP contribution in [0.2, 0.25) is 0 Å². The van der Waals surface area contributed by atoms with Crippen molar-refractivity contribution in [1.29, 1.82) is 5.26 Å². The van der Waals surface area contributed by atoms with E-state index in [0.29, 0.717) is 13.0 Å². The van der Waals surface area contributed by atoms with Crippen molar-refractivity contribution in [1.82, 2.24) is 5.32 Å². The van der Waals surface area contributed by atoms with E-state index in [2.05, 4.69) is 18.0 Å². The Labute approximate surface area is 67.3 Å². The SMILES string of the molecule is C=C(C)C(C#N)NCCCO. The Hall–Kier alpha value is -0.850. The first-order valence-corrected chi connectivity index (χ1v) is 3.61. The van der Waals surface area contributed by atoms with Gasteiger partial charge in [0.1, 0.15) is 6.04 Å². The molecule has 0 aromatic rings.